The molecule has 5 heteroatoms. The van der Waals surface area contributed by atoms with Crippen molar-refractivity contribution in [2.75, 3.05) is 11.9 Å². The highest BCUT2D eigenvalue weighted by molar-refractivity contribution is 9.10. The number of carbonyl (C=O) groups is 1. The third kappa shape index (κ3) is 4.70. The topological polar surface area (TPSA) is 50.7 Å². The summed E-state index contributed by atoms with van der Waals surface area (Å²) in [7, 11) is 0. The largest absolute Gasteiger partial charge is 0.386 e. The van der Waals surface area contributed by atoms with Crippen LogP contribution in [0.4, 0.5) is 5.69 Å². The van der Waals surface area contributed by atoms with Gasteiger partial charge in [0.2, 0.25) is 0 Å². The summed E-state index contributed by atoms with van der Waals surface area (Å²) in [4.78, 5) is 16.8. The summed E-state index contributed by atoms with van der Waals surface area (Å²) >= 11 is 3.41. The van der Waals surface area contributed by atoms with E-state index in [4.69, 9.17) is 4.84 Å². The summed E-state index contributed by atoms with van der Waals surface area (Å²) < 4.78 is 0.919. The Kier molecular flexibility index (Phi) is 5.72. The molecule has 0 aliphatic heterocycles. The normalized spacial score (nSPS) is 10.7. The van der Waals surface area contributed by atoms with Crippen molar-refractivity contribution in [3.05, 3.63) is 63.6 Å². The van der Waals surface area contributed by atoms with Crippen molar-refractivity contribution in [1.29, 1.82) is 0 Å². The molecule has 0 radical (unpaired) electrons. The fraction of sp³-hybridized carbons (Fsp3) is 0.176. The van der Waals surface area contributed by atoms with E-state index in [2.05, 4.69) is 26.4 Å². The van der Waals surface area contributed by atoms with E-state index in [1.165, 1.54) is 0 Å². The molecule has 1 amide bonds. The van der Waals surface area contributed by atoms with Crippen LogP contribution < -0.4 is 5.32 Å². The molecule has 22 heavy (non-hydrogen) atoms. The maximum atomic E-state index is 11.8. The Hall–Kier alpha value is -2.14. The van der Waals surface area contributed by atoms with Gasteiger partial charge in [0, 0.05) is 15.7 Å². The molecular weight excluding hydrogens is 344 g/mol. The van der Waals surface area contributed by atoms with Gasteiger partial charge in [-0.2, -0.15) is 0 Å². The smallest absolute Gasteiger partial charge is 0.265 e. The maximum absolute atomic E-state index is 11.8. The lowest BCUT2D eigenvalue weighted by atomic mass is 10.1. The Morgan fingerprint density at radius 2 is 2.05 bits per heavy atom. The minimum absolute atomic E-state index is 0.131. The van der Waals surface area contributed by atoms with Gasteiger partial charge in [-0.3, -0.25) is 4.79 Å². The molecule has 2 aromatic carbocycles. The Bertz CT molecular complexity index is 699. The van der Waals surface area contributed by atoms with Gasteiger partial charge >= 0.3 is 0 Å². The van der Waals surface area contributed by atoms with E-state index >= 15 is 0 Å². The van der Waals surface area contributed by atoms with Crippen molar-refractivity contribution >= 4 is 33.7 Å². The fourth-order valence-corrected chi connectivity index (χ4v) is 2.30. The molecular formula is C17H17BrN2O2. The monoisotopic (exact) mass is 360 g/mol. The van der Waals surface area contributed by atoms with Crippen molar-refractivity contribution in [3.63, 3.8) is 0 Å². The van der Waals surface area contributed by atoms with Gasteiger partial charge in [-0.15, -0.1) is 0 Å². The number of aryl methyl sites for hydroxylation is 2. The molecule has 0 atom stereocenters. The molecule has 0 aromatic heterocycles. The number of halogens is 1. The van der Waals surface area contributed by atoms with Crippen molar-refractivity contribution in [2.24, 2.45) is 5.16 Å². The van der Waals surface area contributed by atoms with Crippen molar-refractivity contribution in [3.8, 4) is 0 Å². The number of hydrogen-bond donors (Lipinski definition) is 1. The zero-order valence-corrected chi connectivity index (χ0v) is 14.1. The van der Waals surface area contributed by atoms with Crippen LogP contribution in [0.2, 0.25) is 0 Å². The second-order valence-corrected chi connectivity index (χ2v) is 5.75. The van der Waals surface area contributed by atoms with E-state index in [9.17, 15) is 4.79 Å². The summed E-state index contributed by atoms with van der Waals surface area (Å²) in [5, 5.41) is 6.61. The third-order valence-electron chi connectivity index (χ3n) is 3.02. The van der Waals surface area contributed by atoms with Crippen molar-refractivity contribution in [2.45, 2.75) is 13.8 Å². The average molecular weight is 361 g/mol. The Labute approximate surface area is 138 Å². The van der Waals surface area contributed by atoms with Crippen LogP contribution in [0.1, 0.15) is 16.7 Å². The van der Waals surface area contributed by atoms with Gasteiger partial charge in [-0.05, 0) is 31.5 Å². The van der Waals surface area contributed by atoms with Gasteiger partial charge in [0.15, 0.2) is 6.61 Å². The summed E-state index contributed by atoms with van der Waals surface area (Å²) in [5.74, 6) is -0.240. The van der Waals surface area contributed by atoms with Gasteiger partial charge in [0.25, 0.3) is 5.91 Å². The predicted octanol–water partition coefficient (Wildman–Crippen LogP) is 4.06. The second kappa shape index (κ2) is 7.75. The number of amides is 1. The first kappa shape index (κ1) is 16.2. The molecule has 0 bridgehead atoms. The lowest BCUT2D eigenvalue weighted by molar-refractivity contribution is -0.120. The number of carbonyl (C=O) groups excluding carboxylic acids is 1. The van der Waals surface area contributed by atoms with Crippen molar-refractivity contribution in [1.82, 2.24) is 0 Å². The summed E-state index contributed by atoms with van der Waals surface area (Å²) in [6, 6.07) is 13.5. The molecule has 0 fully saturated rings. The predicted molar refractivity (Wildman–Crippen MR) is 92.2 cm³/mol. The minimum Gasteiger partial charge on any atom is -0.386 e. The zero-order valence-electron chi connectivity index (χ0n) is 12.5. The van der Waals surface area contributed by atoms with E-state index in [-0.39, 0.29) is 12.5 Å². The molecule has 0 aliphatic rings. The number of anilines is 1. The second-order valence-electron chi connectivity index (χ2n) is 4.90. The highest BCUT2D eigenvalue weighted by atomic mass is 79.9. The summed E-state index contributed by atoms with van der Waals surface area (Å²) in [6.07, 6.45) is 1.56. The highest BCUT2D eigenvalue weighted by Crippen LogP contribution is 2.16. The van der Waals surface area contributed by atoms with Crippen LogP contribution in [0.3, 0.4) is 0 Å². The molecule has 0 saturated carbocycles. The van der Waals surface area contributed by atoms with E-state index in [0.29, 0.717) is 0 Å². The van der Waals surface area contributed by atoms with Crippen molar-refractivity contribution < 1.29 is 9.63 Å². The number of benzene rings is 2. The number of nitrogens with zero attached hydrogens (tertiary/aromatic N) is 1. The van der Waals surface area contributed by atoms with E-state index in [1.54, 1.807) is 6.21 Å². The SMILES string of the molecule is Cc1ccc(NC(=O)CO/N=C\c2ccccc2Br)c(C)c1. The van der Waals surface area contributed by atoms with Gasteiger partial charge in [0.05, 0.1) is 6.21 Å². The number of rotatable bonds is 5. The molecule has 2 aromatic rings. The first-order valence-corrected chi connectivity index (χ1v) is 7.62. The van der Waals surface area contributed by atoms with Crippen LogP contribution in [-0.2, 0) is 9.63 Å². The molecule has 114 valence electrons. The lowest BCUT2D eigenvalue weighted by Gasteiger charge is -2.08. The number of oxime groups is 1. The lowest BCUT2D eigenvalue weighted by Crippen LogP contribution is -2.17. The van der Waals surface area contributed by atoms with E-state index in [0.717, 1.165) is 26.9 Å². The van der Waals surface area contributed by atoms with Crippen LogP contribution in [0.5, 0.6) is 0 Å². The maximum Gasteiger partial charge on any atom is 0.265 e. The van der Waals surface area contributed by atoms with Crippen LogP contribution in [-0.4, -0.2) is 18.7 Å². The highest BCUT2D eigenvalue weighted by Gasteiger charge is 2.05. The first-order chi connectivity index (χ1) is 10.6. The molecule has 1 N–H and O–H groups in total. The Morgan fingerprint density at radius 3 is 2.77 bits per heavy atom. The molecule has 2 rings (SSSR count). The van der Waals surface area contributed by atoms with Crippen LogP contribution >= 0.6 is 15.9 Å². The standard InChI is InChI=1S/C17H17BrN2O2/c1-12-7-8-16(13(2)9-12)20-17(21)11-22-19-10-14-5-3-4-6-15(14)18/h3-10H,11H2,1-2H3,(H,20,21)/b19-10-. The van der Waals surface area contributed by atoms with E-state index in [1.807, 2.05) is 56.3 Å². The van der Waals surface area contributed by atoms with Crippen LogP contribution in [0.25, 0.3) is 0 Å². The van der Waals surface area contributed by atoms with Crippen LogP contribution in [0.15, 0.2) is 52.1 Å². The van der Waals surface area contributed by atoms with Gasteiger partial charge in [-0.1, -0.05) is 57.0 Å². The molecule has 4 nitrogen and oxygen atoms in total. The molecule has 0 heterocycles. The quantitative estimate of drug-likeness (QED) is 0.645. The summed E-state index contributed by atoms with van der Waals surface area (Å²) in [5.41, 5.74) is 3.85. The molecule has 0 aliphatic carbocycles. The Balaban J connectivity index is 1.84. The Morgan fingerprint density at radius 1 is 1.27 bits per heavy atom. The minimum atomic E-state index is -0.240. The fourth-order valence-electron chi connectivity index (χ4n) is 1.91. The third-order valence-corrected chi connectivity index (χ3v) is 3.75. The van der Waals surface area contributed by atoms with Crippen LogP contribution in [0, 0.1) is 13.8 Å². The molecule has 0 spiro atoms. The molecule has 0 saturated heterocycles. The first-order valence-electron chi connectivity index (χ1n) is 6.83. The zero-order chi connectivity index (χ0) is 15.9. The number of hydrogen-bond acceptors (Lipinski definition) is 3. The molecule has 0 unspecified atom stereocenters. The average Bonchev–Trinajstić information content (AvgIpc) is 2.48. The van der Waals surface area contributed by atoms with Gasteiger partial charge < -0.3 is 10.2 Å². The summed E-state index contributed by atoms with van der Waals surface area (Å²) in [6.45, 7) is 3.83. The van der Waals surface area contributed by atoms with Gasteiger partial charge in [0.1, 0.15) is 0 Å². The van der Waals surface area contributed by atoms with Gasteiger partial charge in [-0.25, -0.2) is 0 Å². The van der Waals surface area contributed by atoms with E-state index < -0.39 is 0 Å². The number of nitrogens with one attached hydrogen (secondary N) is 1.